The molecule has 0 unspecified atom stereocenters. The predicted octanol–water partition coefficient (Wildman–Crippen LogP) is 4.42. The third-order valence-electron chi connectivity index (χ3n) is 3.52. The molecule has 2 aromatic heterocycles. The Morgan fingerprint density at radius 2 is 1.87 bits per heavy atom. The Bertz CT molecular complexity index is 844. The van der Waals surface area contributed by atoms with E-state index >= 15 is 0 Å². The van der Waals surface area contributed by atoms with Crippen molar-refractivity contribution in [2.24, 2.45) is 0 Å². The molecule has 5 nitrogen and oxygen atoms in total. The minimum absolute atomic E-state index is 0.195. The molecule has 0 aliphatic carbocycles. The summed E-state index contributed by atoms with van der Waals surface area (Å²) >= 11 is 0. The maximum absolute atomic E-state index is 12.3. The van der Waals surface area contributed by atoms with Crippen LogP contribution < -0.4 is 10.1 Å². The highest BCUT2D eigenvalue weighted by molar-refractivity contribution is 6.03. The van der Waals surface area contributed by atoms with E-state index in [-0.39, 0.29) is 11.7 Å². The summed E-state index contributed by atoms with van der Waals surface area (Å²) in [5.74, 6) is 1.77. The second-order valence-corrected chi connectivity index (χ2v) is 5.22. The molecule has 3 rings (SSSR count). The monoisotopic (exact) mass is 311 g/mol. The van der Waals surface area contributed by atoms with Gasteiger partial charge in [0.2, 0.25) is 0 Å². The number of methoxy groups -OCH3 is 1. The van der Waals surface area contributed by atoms with Crippen LogP contribution in [0.3, 0.4) is 0 Å². The van der Waals surface area contributed by atoms with Crippen LogP contribution in [0.25, 0.3) is 11.3 Å². The van der Waals surface area contributed by atoms with E-state index in [1.54, 1.807) is 12.1 Å². The predicted molar refractivity (Wildman–Crippen MR) is 86.8 cm³/mol. The molecule has 1 N–H and O–H groups in total. The van der Waals surface area contributed by atoms with Crippen LogP contribution in [-0.4, -0.2) is 13.0 Å². The Balaban J connectivity index is 1.85. The molecule has 5 heteroatoms. The van der Waals surface area contributed by atoms with Gasteiger partial charge in [-0.2, -0.15) is 0 Å². The van der Waals surface area contributed by atoms with Gasteiger partial charge < -0.3 is 18.9 Å². The number of ether oxygens (including phenoxy) is 1. The van der Waals surface area contributed by atoms with Gasteiger partial charge in [-0.25, -0.2) is 0 Å². The van der Waals surface area contributed by atoms with E-state index in [1.165, 1.54) is 7.11 Å². The summed E-state index contributed by atoms with van der Waals surface area (Å²) in [5.41, 5.74) is 2.55. The molecule has 0 atom stereocenters. The van der Waals surface area contributed by atoms with E-state index in [4.69, 9.17) is 13.6 Å². The summed E-state index contributed by atoms with van der Waals surface area (Å²) in [4.78, 5) is 12.3. The Morgan fingerprint density at radius 3 is 2.52 bits per heavy atom. The zero-order valence-corrected chi connectivity index (χ0v) is 13.2. The van der Waals surface area contributed by atoms with E-state index in [0.717, 1.165) is 22.6 Å². The molecule has 0 saturated carbocycles. The standard InChI is InChI=1S/C18H17NO4/c1-11-4-6-13(15-7-5-12(2)22-15)10-14(11)19-18(20)16-8-9-17(21-3)23-16/h4-10H,1-3H3,(H,19,20). The third-order valence-corrected chi connectivity index (χ3v) is 3.52. The fourth-order valence-corrected chi connectivity index (χ4v) is 2.24. The zero-order chi connectivity index (χ0) is 16.4. The first-order valence-electron chi connectivity index (χ1n) is 7.19. The molecule has 0 aliphatic heterocycles. The highest BCUT2D eigenvalue weighted by Gasteiger charge is 2.14. The van der Waals surface area contributed by atoms with Crippen LogP contribution in [0.5, 0.6) is 5.95 Å². The first-order chi connectivity index (χ1) is 11.1. The number of rotatable bonds is 4. The number of aryl methyl sites for hydroxylation is 2. The molecule has 0 saturated heterocycles. The van der Waals surface area contributed by atoms with Gasteiger partial charge in [-0.15, -0.1) is 0 Å². The maximum Gasteiger partial charge on any atom is 0.291 e. The summed E-state index contributed by atoms with van der Waals surface area (Å²) in [5, 5.41) is 2.85. The number of amides is 1. The van der Waals surface area contributed by atoms with Crippen molar-refractivity contribution < 1.29 is 18.4 Å². The smallest absolute Gasteiger partial charge is 0.291 e. The lowest BCUT2D eigenvalue weighted by Crippen LogP contribution is -2.11. The van der Waals surface area contributed by atoms with Crippen molar-refractivity contribution in [3.63, 3.8) is 0 Å². The van der Waals surface area contributed by atoms with Crippen molar-refractivity contribution in [1.82, 2.24) is 0 Å². The third kappa shape index (κ3) is 3.13. The summed E-state index contributed by atoms with van der Waals surface area (Å²) in [7, 11) is 1.49. The van der Waals surface area contributed by atoms with E-state index in [0.29, 0.717) is 11.6 Å². The van der Waals surface area contributed by atoms with E-state index in [1.807, 2.05) is 44.2 Å². The molecule has 1 amide bonds. The van der Waals surface area contributed by atoms with E-state index < -0.39 is 0 Å². The van der Waals surface area contributed by atoms with Crippen LogP contribution in [0.15, 0.2) is 51.3 Å². The lowest BCUT2D eigenvalue weighted by atomic mass is 10.1. The van der Waals surface area contributed by atoms with Crippen LogP contribution in [-0.2, 0) is 0 Å². The Morgan fingerprint density at radius 1 is 1.04 bits per heavy atom. The van der Waals surface area contributed by atoms with Crippen molar-refractivity contribution in [2.75, 3.05) is 12.4 Å². The molecular weight excluding hydrogens is 294 g/mol. The highest BCUT2D eigenvalue weighted by Crippen LogP contribution is 2.27. The van der Waals surface area contributed by atoms with Crippen molar-refractivity contribution >= 4 is 11.6 Å². The van der Waals surface area contributed by atoms with Gasteiger partial charge in [-0.3, -0.25) is 4.79 Å². The quantitative estimate of drug-likeness (QED) is 0.774. The molecule has 0 fully saturated rings. The van der Waals surface area contributed by atoms with Gasteiger partial charge in [0, 0.05) is 17.3 Å². The molecule has 1 aromatic carbocycles. The molecule has 2 heterocycles. The normalized spacial score (nSPS) is 10.6. The van der Waals surface area contributed by atoms with Gasteiger partial charge >= 0.3 is 0 Å². The Kier molecular flexibility index (Phi) is 3.93. The summed E-state index contributed by atoms with van der Waals surface area (Å²) < 4.78 is 15.8. The first-order valence-corrected chi connectivity index (χ1v) is 7.19. The maximum atomic E-state index is 12.3. The molecular formula is C18H17NO4. The molecule has 0 aliphatic rings. The van der Waals surface area contributed by atoms with E-state index in [9.17, 15) is 4.79 Å². The lowest BCUT2D eigenvalue weighted by Gasteiger charge is -2.09. The Labute approximate surface area is 133 Å². The molecule has 118 valence electrons. The Hall–Kier alpha value is -2.95. The van der Waals surface area contributed by atoms with Crippen molar-refractivity contribution in [2.45, 2.75) is 13.8 Å². The molecule has 3 aromatic rings. The van der Waals surface area contributed by atoms with Gasteiger partial charge in [0.1, 0.15) is 11.5 Å². The van der Waals surface area contributed by atoms with E-state index in [2.05, 4.69) is 5.32 Å². The molecule has 23 heavy (non-hydrogen) atoms. The summed E-state index contributed by atoms with van der Waals surface area (Å²) in [6, 6.07) is 12.8. The average molecular weight is 311 g/mol. The number of carbonyl (C=O) groups excluding carboxylic acids is 1. The highest BCUT2D eigenvalue weighted by atomic mass is 16.6. The van der Waals surface area contributed by atoms with Gasteiger partial charge in [0.05, 0.1) is 7.11 Å². The number of carbonyl (C=O) groups is 1. The van der Waals surface area contributed by atoms with Crippen LogP contribution in [0.2, 0.25) is 0 Å². The number of nitrogens with one attached hydrogen (secondary N) is 1. The number of hydrogen-bond donors (Lipinski definition) is 1. The van der Waals surface area contributed by atoms with Crippen LogP contribution in [0.1, 0.15) is 21.9 Å². The fraction of sp³-hybridized carbons (Fsp3) is 0.167. The van der Waals surface area contributed by atoms with Crippen LogP contribution in [0.4, 0.5) is 5.69 Å². The van der Waals surface area contributed by atoms with Crippen molar-refractivity contribution in [3.8, 4) is 17.3 Å². The molecule has 0 spiro atoms. The van der Waals surface area contributed by atoms with Gasteiger partial charge in [-0.1, -0.05) is 12.1 Å². The number of benzene rings is 1. The van der Waals surface area contributed by atoms with Crippen molar-refractivity contribution in [3.05, 3.63) is 59.5 Å². The molecule has 0 bridgehead atoms. The SMILES string of the molecule is COc1ccc(C(=O)Nc2cc(-c3ccc(C)o3)ccc2C)o1. The zero-order valence-electron chi connectivity index (χ0n) is 13.2. The second-order valence-electron chi connectivity index (χ2n) is 5.22. The summed E-state index contributed by atoms with van der Waals surface area (Å²) in [6.07, 6.45) is 0. The van der Waals surface area contributed by atoms with Crippen LogP contribution >= 0.6 is 0 Å². The fourth-order valence-electron chi connectivity index (χ4n) is 2.24. The minimum atomic E-state index is -0.329. The average Bonchev–Trinajstić information content (AvgIpc) is 3.18. The largest absolute Gasteiger partial charge is 0.468 e. The second kappa shape index (κ2) is 6.04. The molecule has 0 radical (unpaired) electrons. The lowest BCUT2D eigenvalue weighted by molar-refractivity contribution is 0.0990. The number of hydrogen-bond acceptors (Lipinski definition) is 4. The van der Waals surface area contributed by atoms with Gasteiger partial charge in [0.25, 0.3) is 11.9 Å². The van der Waals surface area contributed by atoms with Gasteiger partial charge in [0.15, 0.2) is 5.76 Å². The number of furan rings is 2. The minimum Gasteiger partial charge on any atom is -0.468 e. The first kappa shape index (κ1) is 15.0. The topological polar surface area (TPSA) is 64.6 Å². The van der Waals surface area contributed by atoms with Gasteiger partial charge in [-0.05, 0) is 43.7 Å². The number of anilines is 1. The summed E-state index contributed by atoms with van der Waals surface area (Å²) in [6.45, 7) is 3.82. The van der Waals surface area contributed by atoms with Crippen molar-refractivity contribution in [1.29, 1.82) is 0 Å². The van der Waals surface area contributed by atoms with Crippen LogP contribution in [0, 0.1) is 13.8 Å².